The molecule has 5 nitrogen and oxygen atoms in total. The second kappa shape index (κ2) is 7.29. The number of aromatic nitrogens is 2. The van der Waals surface area contributed by atoms with Gasteiger partial charge in [-0.1, -0.05) is 17.7 Å². The van der Waals surface area contributed by atoms with Gasteiger partial charge in [-0.2, -0.15) is 0 Å². The van der Waals surface area contributed by atoms with Gasteiger partial charge in [0, 0.05) is 42.0 Å². The zero-order valence-electron chi connectivity index (χ0n) is 17.3. The first kappa shape index (κ1) is 19.4. The summed E-state index contributed by atoms with van der Waals surface area (Å²) in [4.78, 5) is 6.72. The molecule has 29 heavy (non-hydrogen) atoms. The van der Waals surface area contributed by atoms with Crippen LogP contribution in [0.25, 0.3) is 0 Å². The van der Waals surface area contributed by atoms with Crippen LogP contribution in [-0.4, -0.2) is 46.3 Å². The Morgan fingerprint density at radius 2 is 2.03 bits per heavy atom. The molecule has 0 amide bonds. The van der Waals surface area contributed by atoms with Crippen molar-refractivity contribution >= 4 is 11.6 Å². The Morgan fingerprint density at radius 1 is 1.21 bits per heavy atom. The van der Waals surface area contributed by atoms with E-state index in [0.29, 0.717) is 10.9 Å². The quantitative estimate of drug-likeness (QED) is 0.736. The van der Waals surface area contributed by atoms with Crippen molar-refractivity contribution in [2.24, 2.45) is 11.3 Å². The first-order chi connectivity index (χ1) is 13.9. The lowest BCUT2D eigenvalue weighted by molar-refractivity contribution is -0.174. The molecule has 0 aliphatic carbocycles. The standard InChI is InChI=1S/C23H30ClN3O2/c1-22(2)19-14-23(5-8-26(9-6-23)11-12-27-10-7-25-16-27)15-28-21(19)18-4-3-17(24)13-20(18)29-22/h3-4,7,10,13,16,19,21H,5-6,8-9,11-12,14-15H2,1-2H3/t19-,21+/m0/s1. The molecule has 156 valence electrons. The summed E-state index contributed by atoms with van der Waals surface area (Å²) >= 11 is 6.20. The van der Waals surface area contributed by atoms with Gasteiger partial charge in [-0.3, -0.25) is 0 Å². The zero-order valence-corrected chi connectivity index (χ0v) is 18.1. The third-order valence-electron chi connectivity index (χ3n) is 7.29. The van der Waals surface area contributed by atoms with Gasteiger partial charge in [-0.25, -0.2) is 4.98 Å². The van der Waals surface area contributed by atoms with Gasteiger partial charge < -0.3 is 18.9 Å². The number of hydrogen-bond acceptors (Lipinski definition) is 4. The van der Waals surface area contributed by atoms with Crippen molar-refractivity contribution in [2.45, 2.75) is 51.4 Å². The number of imidazole rings is 1. The molecule has 4 heterocycles. The monoisotopic (exact) mass is 415 g/mol. The summed E-state index contributed by atoms with van der Waals surface area (Å²) < 4.78 is 15.2. The lowest BCUT2D eigenvalue weighted by Gasteiger charge is -2.54. The zero-order chi connectivity index (χ0) is 20.1. The van der Waals surface area contributed by atoms with Crippen LogP contribution >= 0.6 is 11.6 Å². The molecule has 2 fully saturated rings. The van der Waals surface area contributed by atoms with Crippen LogP contribution in [0, 0.1) is 11.3 Å². The fourth-order valence-electron chi connectivity index (χ4n) is 5.40. The Hall–Kier alpha value is -1.56. The number of nitrogens with zero attached hydrogens (tertiary/aromatic N) is 3. The molecule has 2 aromatic rings. The lowest BCUT2D eigenvalue weighted by atomic mass is 9.64. The van der Waals surface area contributed by atoms with Crippen LogP contribution < -0.4 is 4.74 Å². The Labute approximate surface area is 178 Å². The van der Waals surface area contributed by atoms with Gasteiger partial charge in [0.1, 0.15) is 11.4 Å². The molecule has 3 aliphatic heterocycles. The number of piperidine rings is 1. The van der Waals surface area contributed by atoms with Gasteiger partial charge >= 0.3 is 0 Å². The molecule has 1 spiro atoms. The van der Waals surface area contributed by atoms with Gasteiger partial charge in [0.15, 0.2) is 0 Å². The summed E-state index contributed by atoms with van der Waals surface area (Å²) in [7, 11) is 0. The predicted octanol–water partition coefficient (Wildman–Crippen LogP) is 4.57. The van der Waals surface area contributed by atoms with Crippen molar-refractivity contribution < 1.29 is 9.47 Å². The first-order valence-electron chi connectivity index (χ1n) is 10.7. The molecular formula is C23H30ClN3O2. The van der Waals surface area contributed by atoms with Crippen LogP contribution in [0.3, 0.4) is 0 Å². The molecule has 1 aromatic carbocycles. The van der Waals surface area contributed by atoms with Gasteiger partial charge in [0.25, 0.3) is 0 Å². The minimum absolute atomic E-state index is 0.107. The maximum absolute atomic E-state index is 6.58. The Balaban J connectivity index is 1.26. The number of likely N-dealkylation sites (tertiary alicyclic amines) is 1. The second-order valence-corrected chi connectivity index (χ2v) is 10.0. The first-order valence-corrected chi connectivity index (χ1v) is 11.1. The average Bonchev–Trinajstić information content (AvgIpc) is 3.21. The number of halogens is 1. The van der Waals surface area contributed by atoms with Gasteiger partial charge in [0.2, 0.25) is 0 Å². The normalized spacial score (nSPS) is 27.8. The maximum Gasteiger partial charge on any atom is 0.127 e. The number of ether oxygens (including phenoxy) is 2. The Kier molecular flexibility index (Phi) is 4.88. The van der Waals surface area contributed by atoms with Crippen LogP contribution in [0.4, 0.5) is 0 Å². The van der Waals surface area contributed by atoms with Crippen LogP contribution in [0.15, 0.2) is 36.9 Å². The van der Waals surface area contributed by atoms with Gasteiger partial charge in [-0.05, 0) is 63.7 Å². The minimum atomic E-state index is -0.256. The third-order valence-corrected chi connectivity index (χ3v) is 7.52. The SMILES string of the molecule is CC1(C)Oc2cc(Cl)ccc2[C@H]2OCC3(CCN(CCn4ccnc4)CC3)C[C@@H]21. The third kappa shape index (κ3) is 3.69. The van der Waals surface area contributed by atoms with E-state index in [2.05, 4.69) is 34.4 Å². The van der Waals surface area contributed by atoms with Gasteiger partial charge in [0.05, 0.1) is 19.0 Å². The van der Waals surface area contributed by atoms with Crippen LogP contribution in [0.1, 0.15) is 44.8 Å². The highest BCUT2D eigenvalue weighted by Gasteiger charge is 2.52. The van der Waals surface area contributed by atoms with E-state index in [1.165, 1.54) is 19.3 Å². The molecular weight excluding hydrogens is 386 g/mol. The number of fused-ring (bicyclic) bond motifs is 3. The van der Waals surface area contributed by atoms with Crippen molar-refractivity contribution in [3.63, 3.8) is 0 Å². The molecule has 5 rings (SSSR count). The Bertz CT molecular complexity index is 859. The van der Waals surface area contributed by atoms with Crippen molar-refractivity contribution in [2.75, 3.05) is 26.2 Å². The van der Waals surface area contributed by atoms with E-state index in [4.69, 9.17) is 21.1 Å². The molecule has 2 saturated heterocycles. The van der Waals surface area contributed by atoms with E-state index in [9.17, 15) is 0 Å². The second-order valence-electron chi connectivity index (χ2n) is 9.57. The Morgan fingerprint density at radius 3 is 2.79 bits per heavy atom. The van der Waals surface area contributed by atoms with E-state index in [1.54, 1.807) is 0 Å². The summed E-state index contributed by atoms with van der Waals surface area (Å²) in [6.07, 6.45) is 9.46. The molecule has 2 atom stereocenters. The highest BCUT2D eigenvalue weighted by molar-refractivity contribution is 6.30. The van der Waals surface area contributed by atoms with E-state index in [0.717, 1.165) is 44.1 Å². The van der Waals surface area contributed by atoms with Crippen molar-refractivity contribution in [1.82, 2.24) is 14.5 Å². The van der Waals surface area contributed by atoms with E-state index in [1.807, 2.05) is 30.9 Å². The van der Waals surface area contributed by atoms with Crippen LogP contribution in [0.2, 0.25) is 5.02 Å². The highest BCUT2D eigenvalue weighted by atomic mass is 35.5. The van der Waals surface area contributed by atoms with Crippen molar-refractivity contribution in [3.05, 3.63) is 47.5 Å². The molecule has 0 saturated carbocycles. The fourth-order valence-corrected chi connectivity index (χ4v) is 5.56. The summed E-state index contributed by atoms with van der Waals surface area (Å²) in [6.45, 7) is 9.64. The molecule has 3 aliphatic rings. The number of hydrogen-bond donors (Lipinski definition) is 0. The minimum Gasteiger partial charge on any atom is -0.487 e. The number of benzene rings is 1. The van der Waals surface area contributed by atoms with Crippen molar-refractivity contribution in [1.29, 1.82) is 0 Å². The smallest absolute Gasteiger partial charge is 0.127 e. The molecule has 1 aromatic heterocycles. The van der Waals surface area contributed by atoms with E-state index < -0.39 is 0 Å². The number of rotatable bonds is 3. The molecule has 0 radical (unpaired) electrons. The topological polar surface area (TPSA) is 39.5 Å². The van der Waals surface area contributed by atoms with Crippen LogP contribution in [-0.2, 0) is 11.3 Å². The van der Waals surface area contributed by atoms with E-state index >= 15 is 0 Å². The van der Waals surface area contributed by atoms with Gasteiger partial charge in [-0.15, -0.1) is 0 Å². The molecule has 0 unspecified atom stereocenters. The summed E-state index contributed by atoms with van der Waals surface area (Å²) in [5, 5.41) is 0.716. The molecule has 6 heteroatoms. The molecule has 0 bridgehead atoms. The summed E-state index contributed by atoms with van der Waals surface area (Å²) in [6, 6.07) is 5.97. The summed E-state index contributed by atoms with van der Waals surface area (Å²) in [5.74, 6) is 1.25. The van der Waals surface area contributed by atoms with Crippen LogP contribution in [0.5, 0.6) is 5.75 Å². The fraction of sp³-hybridized carbons (Fsp3) is 0.609. The predicted molar refractivity (Wildman–Crippen MR) is 113 cm³/mol. The maximum atomic E-state index is 6.58. The summed E-state index contributed by atoms with van der Waals surface area (Å²) in [5.41, 5.74) is 1.18. The largest absolute Gasteiger partial charge is 0.487 e. The highest BCUT2D eigenvalue weighted by Crippen LogP contribution is 2.55. The average molecular weight is 416 g/mol. The van der Waals surface area contributed by atoms with Crippen molar-refractivity contribution in [3.8, 4) is 5.75 Å². The lowest BCUT2D eigenvalue weighted by Crippen LogP contribution is -2.54. The molecule has 0 N–H and O–H groups in total. The van der Waals surface area contributed by atoms with E-state index in [-0.39, 0.29) is 17.1 Å².